The molecule has 0 unspecified atom stereocenters. The monoisotopic (exact) mass is 465 g/mol. The summed E-state index contributed by atoms with van der Waals surface area (Å²) in [5, 5.41) is 3.61. The van der Waals surface area contributed by atoms with Crippen LogP contribution in [-0.2, 0) is 12.1 Å². The molecule has 2 aliphatic rings. The normalized spacial score (nSPS) is 19.3. The van der Waals surface area contributed by atoms with Gasteiger partial charge in [-0.25, -0.2) is 0 Å². The minimum Gasteiger partial charge on any atom is -0.497 e. The van der Waals surface area contributed by atoms with Gasteiger partial charge in [-0.3, -0.25) is 14.9 Å². The van der Waals surface area contributed by atoms with Gasteiger partial charge in [0.2, 0.25) is 0 Å². The van der Waals surface area contributed by atoms with Crippen molar-refractivity contribution in [1.82, 2.24) is 14.8 Å². The second-order valence-electron chi connectivity index (χ2n) is 9.58. The van der Waals surface area contributed by atoms with E-state index in [9.17, 15) is 22.8 Å². The fourth-order valence-electron chi connectivity index (χ4n) is 5.19. The molecule has 33 heavy (non-hydrogen) atoms. The molecule has 1 spiro atoms. The van der Waals surface area contributed by atoms with E-state index >= 15 is 0 Å². The van der Waals surface area contributed by atoms with Crippen molar-refractivity contribution in [2.24, 2.45) is 0 Å². The van der Waals surface area contributed by atoms with Gasteiger partial charge >= 0.3 is 6.18 Å². The number of piperidine rings is 1. The number of fused-ring (bicyclic) bond motifs is 2. The molecule has 0 radical (unpaired) electrons. The number of alkyl halides is 3. The number of ether oxygens (including phenoxy) is 1. The number of hydrogen-bond donors (Lipinski definition) is 1. The van der Waals surface area contributed by atoms with Crippen molar-refractivity contribution in [2.75, 3.05) is 20.2 Å². The number of Topliss-reactive ketones (excluding diaryl/α,β-unsaturated/α-hetero) is 1. The zero-order valence-electron chi connectivity index (χ0n) is 19.2. The fraction of sp³-hybridized carbons (Fsp3) is 0.500. The molecular formula is C24H30F3N3O3. The van der Waals surface area contributed by atoms with Gasteiger partial charge in [-0.15, -0.1) is 0 Å². The second-order valence-corrected chi connectivity index (χ2v) is 9.58. The largest absolute Gasteiger partial charge is 0.497 e. The summed E-state index contributed by atoms with van der Waals surface area (Å²) in [5.74, 6) is -1.23. The summed E-state index contributed by atoms with van der Waals surface area (Å²) in [4.78, 5) is 27.0. The molecule has 9 heteroatoms. The Bertz CT molecular complexity index is 1100. The van der Waals surface area contributed by atoms with Gasteiger partial charge in [0.25, 0.3) is 11.7 Å². The average Bonchev–Trinajstić information content (AvgIpc) is 3.15. The lowest BCUT2D eigenvalue weighted by Crippen LogP contribution is -2.63. The zero-order chi connectivity index (χ0) is 24.2. The molecule has 1 fully saturated rings. The zero-order valence-corrected chi connectivity index (χ0v) is 19.2. The van der Waals surface area contributed by atoms with Gasteiger partial charge < -0.3 is 14.2 Å². The molecule has 2 aromatic rings. The molecule has 0 saturated carbocycles. The number of hydrogen-bond acceptors (Lipinski definition) is 4. The summed E-state index contributed by atoms with van der Waals surface area (Å²) >= 11 is 0. The van der Waals surface area contributed by atoms with Crippen LogP contribution in [0.25, 0.3) is 0 Å². The highest BCUT2D eigenvalue weighted by molar-refractivity contribution is 5.99. The van der Waals surface area contributed by atoms with Crippen LogP contribution in [-0.4, -0.2) is 53.1 Å². The maximum atomic E-state index is 13.2. The Balaban J connectivity index is 0.00000324. The van der Waals surface area contributed by atoms with Crippen LogP contribution in [0.15, 0.2) is 30.3 Å². The van der Waals surface area contributed by atoms with Crippen molar-refractivity contribution in [3.8, 4) is 5.75 Å². The van der Waals surface area contributed by atoms with Gasteiger partial charge in [0.15, 0.2) is 0 Å². The van der Waals surface area contributed by atoms with E-state index in [1.54, 1.807) is 30.2 Å². The van der Waals surface area contributed by atoms with Gasteiger partial charge in [-0.1, -0.05) is 0 Å². The molecule has 1 aromatic heterocycles. The topological polar surface area (TPSA) is 63.6 Å². The van der Waals surface area contributed by atoms with Gasteiger partial charge in [0.05, 0.1) is 18.3 Å². The standard InChI is InChI=1S/C24H28F3N3O3.H2/c1-15-13-16(33-4)5-6-17(15)21(32)29-11-9-23(10-12-29)19-8-7-18(20(31)24(25,26)27)30(19)14-22(2,3)28-23;/h5-8,13,28H,9-12,14H2,1-4H3;1H. The van der Waals surface area contributed by atoms with Crippen molar-refractivity contribution in [3.05, 3.63) is 52.8 Å². The van der Waals surface area contributed by atoms with Crippen LogP contribution in [0.1, 0.15) is 60.2 Å². The smallest absolute Gasteiger partial charge is 0.456 e. The van der Waals surface area contributed by atoms with Gasteiger partial charge in [-0.2, -0.15) is 13.2 Å². The quantitative estimate of drug-likeness (QED) is 0.687. The number of nitrogens with one attached hydrogen (secondary N) is 1. The maximum absolute atomic E-state index is 13.2. The summed E-state index contributed by atoms with van der Waals surface area (Å²) < 4.78 is 46.2. The van der Waals surface area contributed by atoms with E-state index < -0.39 is 23.0 Å². The summed E-state index contributed by atoms with van der Waals surface area (Å²) in [5.41, 5.74) is 0.620. The van der Waals surface area contributed by atoms with Crippen molar-refractivity contribution < 1.29 is 28.9 Å². The van der Waals surface area contributed by atoms with Gasteiger partial charge in [-0.05, 0) is 69.5 Å². The Labute approximate surface area is 192 Å². The molecule has 0 aliphatic carbocycles. The number of aryl methyl sites for hydroxylation is 1. The number of nitrogens with zero attached hydrogens (tertiary/aromatic N) is 2. The van der Waals surface area contributed by atoms with Crippen molar-refractivity contribution in [1.29, 1.82) is 0 Å². The third-order valence-corrected chi connectivity index (χ3v) is 6.66. The molecule has 1 aromatic carbocycles. The molecule has 0 bridgehead atoms. The highest BCUT2D eigenvalue weighted by atomic mass is 19.4. The summed E-state index contributed by atoms with van der Waals surface area (Å²) in [7, 11) is 1.57. The number of benzene rings is 1. The average molecular weight is 466 g/mol. The van der Waals surface area contributed by atoms with E-state index in [0.29, 0.717) is 42.9 Å². The first-order valence-corrected chi connectivity index (χ1v) is 10.9. The predicted molar refractivity (Wildman–Crippen MR) is 119 cm³/mol. The molecule has 180 valence electrons. The number of aromatic nitrogens is 1. The van der Waals surface area contributed by atoms with Gasteiger partial charge in [0, 0.05) is 37.9 Å². The Kier molecular flexibility index (Phi) is 5.59. The first kappa shape index (κ1) is 23.4. The van der Waals surface area contributed by atoms with E-state index in [2.05, 4.69) is 5.32 Å². The molecule has 0 atom stereocenters. The number of ketones is 1. The summed E-state index contributed by atoms with van der Waals surface area (Å²) in [6, 6.07) is 8.21. The molecule has 1 amide bonds. The van der Waals surface area contributed by atoms with Crippen LogP contribution in [0.4, 0.5) is 13.2 Å². The third kappa shape index (κ3) is 4.14. The van der Waals surface area contributed by atoms with E-state index in [4.69, 9.17) is 4.74 Å². The first-order chi connectivity index (χ1) is 15.4. The number of carbonyl (C=O) groups excluding carboxylic acids is 2. The Hall–Kier alpha value is -2.81. The van der Waals surface area contributed by atoms with Crippen molar-refractivity contribution in [3.63, 3.8) is 0 Å². The number of halogens is 3. The maximum Gasteiger partial charge on any atom is 0.456 e. The first-order valence-electron chi connectivity index (χ1n) is 10.9. The minimum absolute atomic E-state index is 0. The Morgan fingerprint density at radius 3 is 2.36 bits per heavy atom. The lowest BCUT2D eigenvalue weighted by Gasteiger charge is -2.51. The van der Waals surface area contributed by atoms with E-state index in [1.807, 2.05) is 26.8 Å². The summed E-state index contributed by atoms with van der Waals surface area (Å²) in [6.45, 7) is 6.83. The Morgan fingerprint density at radius 1 is 1.12 bits per heavy atom. The molecule has 6 nitrogen and oxygen atoms in total. The Morgan fingerprint density at radius 2 is 1.79 bits per heavy atom. The molecule has 1 saturated heterocycles. The summed E-state index contributed by atoms with van der Waals surface area (Å²) in [6.07, 6.45) is -3.87. The molecule has 4 rings (SSSR count). The van der Waals surface area contributed by atoms with Crippen LogP contribution >= 0.6 is 0 Å². The van der Waals surface area contributed by atoms with Crippen LogP contribution in [0.5, 0.6) is 5.75 Å². The van der Waals surface area contributed by atoms with E-state index in [-0.39, 0.29) is 19.6 Å². The van der Waals surface area contributed by atoms with E-state index in [0.717, 1.165) is 5.56 Å². The molecule has 1 N–H and O–H groups in total. The number of methoxy groups -OCH3 is 1. The number of rotatable bonds is 3. The second kappa shape index (κ2) is 7.90. The van der Waals surface area contributed by atoms with E-state index in [1.165, 1.54) is 10.6 Å². The molecule has 3 heterocycles. The number of likely N-dealkylation sites (tertiary alicyclic amines) is 1. The van der Waals surface area contributed by atoms with Crippen LogP contribution < -0.4 is 10.1 Å². The molecule has 2 aliphatic heterocycles. The fourth-order valence-corrected chi connectivity index (χ4v) is 5.19. The lowest BCUT2D eigenvalue weighted by molar-refractivity contribution is -0.0892. The van der Waals surface area contributed by atoms with Gasteiger partial charge in [0.1, 0.15) is 5.75 Å². The highest BCUT2D eigenvalue weighted by Crippen LogP contribution is 2.41. The predicted octanol–water partition coefficient (Wildman–Crippen LogP) is 4.31. The van der Waals surface area contributed by atoms with Crippen LogP contribution in [0, 0.1) is 6.92 Å². The third-order valence-electron chi connectivity index (χ3n) is 6.66. The highest BCUT2D eigenvalue weighted by Gasteiger charge is 2.49. The van der Waals surface area contributed by atoms with Crippen molar-refractivity contribution >= 4 is 11.7 Å². The number of amides is 1. The van der Waals surface area contributed by atoms with Crippen molar-refractivity contribution in [2.45, 2.75) is 57.4 Å². The molecular weight excluding hydrogens is 435 g/mol. The number of carbonyl (C=O) groups is 2. The SMILES string of the molecule is COc1ccc(C(=O)N2CCC3(CC2)NC(C)(C)Cn2c(C(=O)C(F)(F)F)ccc23)c(C)c1.[HH]. The lowest BCUT2D eigenvalue weighted by atomic mass is 9.79. The minimum atomic E-state index is -4.93. The van der Waals surface area contributed by atoms with Crippen LogP contribution in [0.2, 0.25) is 0 Å². The van der Waals surface area contributed by atoms with Crippen LogP contribution in [0.3, 0.4) is 0 Å².